The Hall–Kier alpha value is -2.20. The minimum absolute atomic E-state index is 0.457. The molecule has 2 heterocycles. The first-order chi connectivity index (χ1) is 10.1. The molecule has 0 radical (unpaired) electrons. The van der Waals surface area contributed by atoms with Crippen molar-refractivity contribution in [3.8, 4) is 0 Å². The number of benzene rings is 1. The summed E-state index contributed by atoms with van der Waals surface area (Å²) in [6.45, 7) is 2.01. The zero-order valence-corrected chi connectivity index (χ0v) is 12.4. The van der Waals surface area contributed by atoms with Crippen LogP contribution in [0.25, 0.3) is 10.1 Å². The number of nitrogens with zero attached hydrogens (tertiary/aromatic N) is 1. The van der Waals surface area contributed by atoms with E-state index in [1.165, 1.54) is 0 Å². The molecule has 2 aromatic heterocycles. The molecular weight excluding hydrogens is 282 g/mol. The van der Waals surface area contributed by atoms with Crippen molar-refractivity contribution in [2.45, 2.75) is 19.3 Å². The van der Waals surface area contributed by atoms with Crippen molar-refractivity contribution in [1.82, 2.24) is 4.98 Å². The van der Waals surface area contributed by atoms with E-state index in [0.717, 1.165) is 21.2 Å². The molecule has 1 N–H and O–H groups in total. The summed E-state index contributed by atoms with van der Waals surface area (Å²) in [5, 5.41) is 12.5. The number of carboxylic acids is 1. The molecule has 0 fully saturated rings. The van der Waals surface area contributed by atoms with Gasteiger partial charge in [0.25, 0.3) is 0 Å². The van der Waals surface area contributed by atoms with E-state index in [-0.39, 0.29) is 0 Å². The number of carbonyl (C=O) groups is 1. The molecule has 3 aromatic rings. The Labute approximate surface area is 126 Å². The summed E-state index contributed by atoms with van der Waals surface area (Å²) < 4.78 is 1.08. The highest BCUT2D eigenvalue weighted by Gasteiger charge is 2.24. The van der Waals surface area contributed by atoms with Crippen molar-refractivity contribution in [2.24, 2.45) is 0 Å². The van der Waals surface area contributed by atoms with Gasteiger partial charge >= 0.3 is 5.97 Å². The predicted octanol–water partition coefficient (Wildman–Crippen LogP) is 4.02. The van der Waals surface area contributed by atoms with Crippen LogP contribution in [0.15, 0.2) is 48.0 Å². The molecule has 0 saturated carbocycles. The molecule has 3 rings (SSSR count). The molecule has 106 valence electrons. The highest BCUT2D eigenvalue weighted by Crippen LogP contribution is 2.29. The summed E-state index contributed by atoms with van der Waals surface area (Å²) in [5.74, 6) is -1.45. The summed E-state index contributed by atoms with van der Waals surface area (Å²) in [5.41, 5.74) is 2.82. The molecular formula is C17H15NO2S. The monoisotopic (exact) mass is 297 g/mol. The molecule has 0 saturated heterocycles. The fraction of sp³-hybridized carbons (Fsp3) is 0.176. The Morgan fingerprint density at radius 1 is 1.33 bits per heavy atom. The van der Waals surface area contributed by atoms with Crippen LogP contribution in [0.4, 0.5) is 0 Å². The number of fused-ring (bicyclic) bond motifs is 1. The summed E-state index contributed by atoms with van der Waals surface area (Å²) in [6.07, 6.45) is 2.15. The molecule has 4 heteroatoms. The molecule has 0 aliphatic rings. The Morgan fingerprint density at radius 3 is 2.95 bits per heavy atom. The van der Waals surface area contributed by atoms with Crippen LogP contribution in [0.3, 0.4) is 0 Å². The summed E-state index contributed by atoms with van der Waals surface area (Å²) in [7, 11) is 0. The maximum Gasteiger partial charge on any atom is 0.312 e. The number of pyridine rings is 1. The molecule has 0 amide bonds. The van der Waals surface area contributed by atoms with Crippen molar-refractivity contribution in [3.05, 3.63) is 64.8 Å². The fourth-order valence-electron chi connectivity index (χ4n) is 2.57. The lowest BCUT2D eigenvalue weighted by Gasteiger charge is -2.13. The van der Waals surface area contributed by atoms with E-state index in [2.05, 4.69) is 4.98 Å². The Bertz CT molecular complexity index is 794. The van der Waals surface area contributed by atoms with Crippen LogP contribution in [0.1, 0.15) is 22.7 Å². The average Bonchev–Trinajstić information content (AvgIpc) is 2.93. The van der Waals surface area contributed by atoms with Crippen molar-refractivity contribution in [2.75, 3.05) is 0 Å². The van der Waals surface area contributed by atoms with E-state index in [9.17, 15) is 9.90 Å². The molecule has 0 aliphatic heterocycles. The minimum Gasteiger partial charge on any atom is -0.481 e. The van der Waals surface area contributed by atoms with Gasteiger partial charge in [-0.15, -0.1) is 11.3 Å². The lowest BCUT2D eigenvalue weighted by Crippen LogP contribution is -2.16. The molecule has 1 unspecified atom stereocenters. The van der Waals surface area contributed by atoms with E-state index in [1.54, 1.807) is 17.5 Å². The number of carboxylic acid groups (broad SMARTS) is 1. The van der Waals surface area contributed by atoms with Gasteiger partial charge in [-0.05, 0) is 36.4 Å². The topological polar surface area (TPSA) is 50.2 Å². The minimum atomic E-state index is -0.831. The van der Waals surface area contributed by atoms with Crippen LogP contribution in [0, 0.1) is 6.92 Å². The third-order valence-electron chi connectivity index (χ3n) is 3.56. The maximum absolute atomic E-state index is 11.7. The number of hydrogen-bond donors (Lipinski definition) is 1. The van der Waals surface area contributed by atoms with Crippen LogP contribution in [-0.4, -0.2) is 16.1 Å². The fourth-order valence-corrected chi connectivity index (χ4v) is 3.36. The molecule has 0 spiro atoms. The molecule has 1 aromatic carbocycles. The van der Waals surface area contributed by atoms with E-state index in [1.807, 2.05) is 48.7 Å². The van der Waals surface area contributed by atoms with Gasteiger partial charge in [-0.1, -0.05) is 29.8 Å². The molecule has 1 atom stereocenters. The SMILES string of the molecule is Cc1cccc(CC(C(=O)O)c2nccc3sccc23)c1. The standard InChI is InChI=1S/C17H15NO2S/c1-11-3-2-4-12(9-11)10-14(17(19)20)16-13-6-8-21-15(13)5-7-18-16/h2-9,14H,10H2,1H3,(H,19,20). The van der Waals surface area contributed by atoms with Crippen molar-refractivity contribution in [3.63, 3.8) is 0 Å². The first-order valence-corrected chi connectivity index (χ1v) is 7.63. The highest BCUT2D eigenvalue weighted by molar-refractivity contribution is 7.17. The third-order valence-corrected chi connectivity index (χ3v) is 4.44. The zero-order valence-electron chi connectivity index (χ0n) is 11.6. The number of thiophene rings is 1. The number of aromatic nitrogens is 1. The second-order valence-corrected chi connectivity index (χ2v) is 6.06. The number of aliphatic carboxylic acids is 1. The summed E-state index contributed by atoms with van der Waals surface area (Å²) >= 11 is 1.61. The first kappa shape index (κ1) is 13.8. The number of rotatable bonds is 4. The van der Waals surface area contributed by atoms with Gasteiger partial charge < -0.3 is 5.11 Å². The Morgan fingerprint density at radius 2 is 2.19 bits per heavy atom. The van der Waals surface area contributed by atoms with Gasteiger partial charge in [0, 0.05) is 16.3 Å². The van der Waals surface area contributed by atoms with E-state index in [4.69, 9.17) is 0 Å². The van der Waals surface area contributed by atoms with Crippen molar-refractivity contribution in [1.29, 1.82) is 0 Å². The van der Waals surface area contributed by atoms with Gasteiger partial charge in [0.1, 0.15) is 5.92 Å². The molecule has 0 aliphatic carbocycles. The van der Waals surface area contributed by atoms with Gasteiger partial charge in [-0.25, -0.2) is 0 Å². The number of hydrogen-bond acceptors (Lipinski definition) is 3. The van der Waals surface area contributed by atoms with E-state index in [0.29, 0.717) is 12.1 Å². The molecule has 21 heavy (non-hydrogen) atoms. The second-order valence-electron chi connectivity index (χ2n) is 5.11. The maximum atomic E-state index is 11.7. The Balaban J connectivity index is 2.02. The van der Waals surface area contributed by atoms with Gasteiger partial charge in [0.2, 0.25) is 0 Å². The summed E-state index contributed by atoms with van der Waals surface area (Å²) in [6, 6.07) is 11.9. The smallest absolute Gasteiger partial charge is 0.312 e. The first-order valence-electron chi connectivity index (χ1n) is 6.75. The van der Waals surface area contributed by atoms with E-state index >= 15 is 0 Å². The quantitative estimate of drug-likeness (QED) is 0.791. The largest absolute Gasteiger partial charge is 0.481 e. The van der Waals surface area contributed by atoms with Crippen LogP contribution >= 0.6 is 11.3 Å². The lowest BCUT2D eigenvalue weighted by molar-refractivity contribution is -0.138. The van der Waals surface area contributed by atoms with Gasteiger partial charge in [-0.2, -0.15) is 0 Å². The number of aryl methyl sites for hydroxylation is 1. The van der Waals surface area contributed by atoms with Gasteiger partial charge in [0.15, 0.2) is 0 Å². The van der Waals surface area contributed by atoms with Gasteiger partial charge in [-0.3, -0.25) is 9.78 Å². The Kier molecular flexibility index (Phi) is 3.71. The third kappa shape index (κ3) is 2.81. The van der Waals surface area contributed by atoms with Crippen LogP contribution < -0.4 is 0 Å². The van der Waals surface area contributed by atoms with E-state index < -0.39 is 11.9 Å². The molecule has 3 nitrogen and oxygen atoms in total. The average molecular weight is 297 g/mol. The predicted molar refractivity (Wildman–Crippen MR) is 84.9 cm³/mol. The summed E-state index contributed by atoms with van der Waals surface area (Å²) in [4.78, 5) is 16.1. The van der Waals surface area contributed by atoms with Crippen LogP contribution in [0.2, 0.25) is 0 Å². The lowest BCUT2D eigenvalue weighted by atomic mass is 9.93. The molecule has 0 bridgehead atoms. The van der Waals surface area contributed by atoms with Crippen molar-refractivity contribution < 1.29 is 9.90 Å². The van der Waals surface area contributed by atoms with Crippen LogP contribution in [0.5, 0.6) is 0 Å². The van der Waals surface area contributed by atoms with Crippen LogP contribution in [-0.2, 0) is 11.2 Å². The highest BCUT2D eigenvalue weighted by atomic mass is 32.1. The van der Waals surface area contributed by atoms with Gasteiger partial charge in [0.05, 0.1) is 5.69 Å². The second kappa shape index (κ2) is 5.66. The normalized spacial score (nSPS) is 12.4. The zero-order chi connectivity index (χ0) is 14.8. The van der Waals surface area contributed by atoms with Crippen molar-refractivity contribution >= 4 is 27.4 Å².